The van der Waals surface area contributed by atoms with E-state index in [1.807, 2.05) is 0 Å². The molecule has 3 nitrogen and oxygen atoms in total. The van der Waals surface area contributed by atoms with E-state index in [0.717, 1.165) is 4.47 Å². The minimum absolute atomic E-state index is 0.00998. The van der Waals surface area contributed by atoms with E-state index in [9.17, 15) is 4.79 Å². The molecule has 5 heteroatoms. The lowest BCUT2D eigenvalue weighted by molar-refractivity contribution is -0.117. The van der Waals surface area contributed by atoms with Gasteiger partial charge in [-0.1, -0.05) is 11.6 Å². The number of hydrogen-bond acceptors (Lipinski definition) is 2. The third-order valence-corrected chi connectivity index (χ3v) is 3.80. The number of benzene rings is 1. The molecule has 0 saturated carbocycles. The van der Waals surface area contributed by atoms with Crippen molar-refractivity contribution in [3.05, 3.63) is 21.6 Å². The van der Waals surface area contributed by atoms with Gasteiger partial charge in [-0.25, -0.2) is 0 Å². The Kier molecular flexibility index (Phi) is 3.84. The van der Waals surface area contributed by atoms with Gasteiger partial charge in [0.2, 0.25) is 5.91 Å². The second kappa shape index (κ2) is 5.21. The summed E-state index contributed by atoms with van der Waals surface area (Å²) in [6.45, 7) is 0.500. The summed E-state index contributed by atoms with van der Waals surface area (Å²) in [6, 6.07) is 3.45. The highest BCUT2D eigenvalue weighted by Crippen LogP contribution is 2.38. The van der Waals surface area contributed by atoms with E-state index < -0.39 is 0 Å². The van der Waals surface area contributed by atoms with Gasteiger partial charge >= 0.3 is 0 Å². The Morgan fingerprint density at radius 1 is 1.61 bits per heavy atom. The van der Waals surface area contributed by atoms with Crippen molar-refractivity contribution in [2.45, 2.75) is 6.42 Å². The van der Waals surface area contributed by atoms with Crippen LogP contribution in [0.2, 0.25) is 5.02 Å². The van der Waals surface area contributed by atoms with Gasteiger partial charge in [-0.3, -0.25) is 4.79 Å². The second-order valence-electron chi connectivity index (χ2n) is 4.01. The maximum absolute atomic E-state index is 11.9. The van der Waals surface area contributed by atoms with Crippen LogP contribution in [0.1, 0.15) is 6.42 Å². The Balaban J connectivity index is 2.40. The van der Waals surface area contributed by atoms with Crippen LogP contribution in [0.5, 0.6) is 5.75 Å². The highest BCUT2D eigenvalue weighted by Gasteiger charge is 2.31. The number of halogens is 2. The molecule has 0 aliphatic carbocycles. The SMILES string of the molecule is C#CC1CC(=O)N(c2cc(OC)c(Br)cc2Cl)C1. The van der Waals surface area contributed by atoms with Crippen molar-refractivity contribution < 1.29 is 9.53 Å². The molecule has 1 aromatic rings. The number of hydrogen-bond donors (Lipinski definition) is 0. The van der Waals surface area contributed by atoms with Crippen LogP contribution in [0.15, 0.2) is 16.6 Å². The van der Waals surface area contributed by atoms with Gasteiger partial charge in [0.25, 0.3) is 0 Å². The first kappa shape index (κ1) is 13.3. The van der Waals surface area contributed by atoms with Gasteiger partial charge in [0.15, 0.2) is 0 Å². The van der Waals surface area contributed by atoms with Crippen LogP contribution < -0.4 is 9.64 Å². The number of nitrogens with zero attached hydrogens (tertiary/aromatic N) is 1. The third-order valence-electron chi connectivity index (χ3n) is 2.87. The first-order valence-corrected chi connectivity index (χ1v) is 6.53. The largest absolute Gasteiger partial charge is 0.495 e. The average molecular weight is 329 g/mol. The lowest BCUT2D eigenvalue weighted by Crippen LogP contribution is -2.24. The molecule has 0 aromatic heterocycles. The Labute approximate surface area is 119 Å². The molecule has 94 valence electrons. The fourth-order valence-corrected chi connectivity index (χ4v) is 2.84. The Bertz CT molecular complexity index is 539. The Morgan fingerprint density at radius 2 is 2.33 bits per heavy atom. The first-order chi connectivity index (χ1) is 8.56. The third kappa shape index (κ3) is 2.33. The summed E-state index contributed by atoms with van der Waals surface area (Å²) in [4.78, 5) is 13.5. The van der Waals surface area contributed by atoms with Crippen LogP contribution in [0.25, 0.3) is 0 Å². The summed E-state index contributed by atoms with van der Waals surface area (Å²) in [5.74, 6) is 3.18. The minimum atomic E-state index is -0.0526. The average Bonchev–Trinajstić information content (AvgIpc) is 2.71. The zero-order chi connectivity index (χ0) is 13.3. The molecule has 18 heavy (non-hydrogen) atoms. The lowest BCUT2D eigenvalue weighted by atomic mass is 10.1. The molecule has 1 atom stereocenters. The maximum atomic E-state index is 11.9. The Hall–Kier alpha value is -1.18. The van der Waals surface area contributed by atoms with Gasteiger partial charge in [-0.15, -0.1) is 12.3 Å². The minimum Gasteiger partial charge on any atom is -0.495 e. The van der Waals surface area contributed by atoms with E-state index in [1.165, 1.54) is 0 Å². The number of carbonyl (C=O) groups excluding carboxylic acids is 1. The van der Waals surface area contributed by atoms with Crippen LogP contribution >= 0.6 is 27.5 Å². The summed E-state index contributed by atoms with van der Waals surface area (Å²) < 4.78 is 5.95. The smallest absolute Gasteiger partial charge is 0.228 e. The molecule has 1 aliphatic rings. The fraction of sp³-hybridized carbons (Fsp3) is 0.308. The van der Waals surface area contributed by atoms with Crippen molar-refractivity contribution in [3.8, 4) is 18.1 Å². The van der Waals surface area contributed by atoms with Gasteiger partial charge < -0.3 is 9.64 Å². The van der Waals surface area contributed by atoms with E-state index in [4.69, 9.17) is 22.8 Å². The van der Waals surface area contributed by atoms with E-state index in [1.54, 1.807) is 24.1 Å². The summed E-state index contributed by atoms with van der Waals surface area (Å²) in [5, 5.41) is 0.494. The first-order valence-electron chi connectivity index (χ1n) is 5.36. The molecule has 1 fully saturated rings. The van der Waals surface area contributed by atoms with Crippen LogP contribution in [-0.4, -0.2) is 19.6 Å². The number of rotatable bonds is 2. The molecule has 1 unspecified atom stereocenters. The van der Waals surface area contributed by atoms with Crippen LogP contribution in [-0.2, 0) is 4.79 Å². The van der Waals surface area contributed by atoms with E-state index in [2.05, 4.69) is 21.9 Å². The predicted octanol–water partition coefficient (Wildman–Crippen LogP) is 3.10. The molecule has 0 bridgehead atoms. The van der Waals surface area contributed by atoms with Gasteiger partial charge in [0.1, 0.15) is 5.75 Å². The predicted molar refractivity (Wildman–Crippen MR) is 75.0 cm³/mol. The van der Waals surface area contributed by atoms with Crippen molar-refractivity contribution in [1.82, 2.24) is 0 Å². The van der Waals surface area contributed by atoms with Gasteiger partial charge in [0, 0.05) is 24.9 Å². The van der Waals surface area contributed by atoms with E-state index in [0.29, 0.717) is 29.4 Å². The fourth-order valence-electron chi connectivity index (χ4n) is 1.93. The summed E-state index contributed by atoms with van der Waals surface area (Å²) in [6.07, 6.45) is 5.73. The quantitative estimate of drug-likeness (QED) is 0.781. The van der Waals surface area contributed by atoms with Crippen LogP contribution in [0.4, 0.5) is 5.69 Å². The van der Waals surface area contributed by atoms with Crippen LogP contribution in [0.3, 0.4) is 0 Å². The molecule has 2 rings (SSSR count). The molecule has 1 saturated heterocycles. The molecular weight excluding hydrogens is 318 g/mol. The normalized spacial score (nSPS) is 18.9. The van der Waals surface area contributed by atoms with Crippen LogP contribution in [0, 0.1) is 18.3 Å². The van der Waals surface area contributed by atoms with Crippen molar-refractivity contribution in [2.24, 2.45) is 5.92 Å². The zero-order valence-electron chi connectivity index (χ0n) is 9.74. The van der Waals surface area contributed by atoms with E-state index >= 15 is 0 Å². The number of methoxy groups -OCH3 is 1. The monoisotopic (exact) mass is 327 g/mol. The molecule has 1 heterocycles. The standard InChI is InChI=1S/C13H11BrClNO2/c1-3-8-4-13(17)16(7-8)11-6-12(18-2)9(14)5-10(11)15/h1,5-6,8H,4,7H2,2H3. The molecule has 1 amide bonds. The highest BCUT2D eigenvalue weighted by molar-refractivity contribution is 9.10. The number of terminal acetylenes is 1. The molecule has 0 N–H and O–H groups in total. The van der Waals surface area contributed by atoms with Crippen molar-refractivity contribution in [1.29, 1.82) is 0 Å². The zero-order valence-corrected chi connectivity index (χ0v) is 12.1. The van der Waals surface area contributed by atoms with Crippen molar-refractivity contribution in [2.75, 3.05) is 18.6 Å². The molecule has 0 radical (unpaired) electrons. The van der Waals surface area contributed by atoms with Gasteiger partial charge in [-0.05, 0) is 22.0 Å². The summed E-state index contributed by atoms with van der Waals surface area (Å²) in [5.41, 5.74) is 0.638. The lowest BCUT2D eigenvalue weighted by Gasteiger charge is -2.19. The number of carbonyl (C=O) groups is 1. The highest BCUT2D eigenvalue weighted by atomic mass is 79.9. The van der Waals surface area contributed by atoms with E-state index in [-0.39, 0.29) is 11.8 Å². The van der Waals surface area contributed by atoms with Crippen molar-refractivity contribution in [3.63, 3.8) is 0 Å². The number of anilines is 1. The van der Waals surface area contributed by atoms with Gasteiger partial charge in [0.05, 0.1) is 22.3 Å². The summed E-state index contributed by atoms with van der Waals surface area (Å²) >= 11 is 9.51. The topological polar surface area (TPSA) is 29.5 Å². The molecular formula is C13H11BrClNO2. The number of amides is 1. The number of ether oxygens (including phenoxy) is 1. The maximum Gasteiger partial charge on any atom is 0.228 e. The van der Waals surface area contributed by atoms with Crippen molar-refractivity contribution >= 4 is 39.1 Å². The molecule has 1 aliphatic heterocycles. The Morgan fingerprint density at radius 3 is 2.89 bits per heavy atom. The second-order valence-corrected chi connectivity index (χ2v) is 5.27. The summed E-state index contributed by atoms with van der Waals surface area (Å²) in [7, 11) is 1.56. The molecule has 1 aromatic carbocycles. The van der Waals surface area contributed by atoms with Gasteiger partial charge in [-0.2, -0.15) is 0 Å². The molecule has 0 spiro atoms.